The summed E-state index contributed by atoms with van der Waals surface area (Å²) < 4.78 is 11.9. The number of fused-ring (bicyclic) bond motifs is 1. The van der Waals surface area contributed by atoms with Gasteiger partial charge in [-0.15, -0.1) is 0 Å². The normalized spacial score (nSPS) is 18.8. The summed E-state index contributed by atoms with van der Waals surface area (Å²) in [5.74, 6) is 2.21. The van der Waals surface area contributed by atoms with Crippen LogP contribution in [0.1, 0.15) is 69.5 Å². The van der Waals surface area contributed by atoms with Gasteiger partial charge < -0.3 is 19.4 Å². The number of carbonyl (C=O) groups is 2. The van der Waals surface area contributed by atoms with Gasteiger partial charge in [-0.25, -0.2) is 4.98 Å². The molecular weight excluding hydrogens is 480 g/mol. The Morgan fingerprint density at radius 2 is 2.05 bits per heavy atom. The number of methoxy groups -OCH3 is 1. The maximum Gasteiger partial charge on any atom is 0.224 e. The van der Waals surface area contributed by atoms with Gasteiger partial charge in [-0.05, 0) is 45.4 Å². The van der Waals surface area contributed by atoms with Gasteiger partial charge in [-0.2, -0.15) is 0 Å². The number of hydrogen-bond acceptors (Lipinski definition) is 7. The van der Waals surface area contributed by atoms with E-state index in [1.165, 1.54) is 0 Å². The fraction of sp³-hybridized carbons (Fsp3) is 0.533. The molecule has 1 amide bonds. The molecule has 1 N–H and O–H groups in total. The fourth-order valence-corrected chi connectivity index (χ4v) is 5.84. The number of unbranched alkanes of at least 4 members (excludes halogenated alkanes) is 2. The average molecular weight is 519 g/mol. The minimum Gasteiger partial charge on any atom is -0.496 e. The molecule has 2 fully saturated rings. The molecule has 8 heteroatoms. The third-order valence-corrected chi connectivity index (χ3v) is 8.07. The van der Waals surface area contributed by atoms with Crippen LogP contribution in [-0.4, -0.2) is 53.8 Å². The number of ketones is 1. The Balaban J connectivity index is 1.33. The lowest BCUT2D eigenvalue weighted by atomic mass is 9.94. The maximum absolute atomic E-state index is 13.2. The highest BCUT2D eigenvalue weighted by atomic mass is 16.5. The topological polar surface area (TPSA) is 97.6 Å². The van der Waals surface area contributed by atoms with E-state index in [0.29, 0.717) is 42.4 Å². The zero-order valence-corrected chi connectivity index (χ0v) is 22.9. The third-order valence-electron chi connectivity index (χ3n) is 8.07. The third kappa shape index (κ3) is 5.46. The summed E-state index contributed by atoms with van der Waals surface area (Å²) >= 11 is 0. The summed E-state index contributed by atoms with van der Waals surface area (Å²) in [6, 6.07) is 7.62. The first-order valence-corrected chi connectivity index (χ1v) is 13.7. The number of Topliss-reactive ketones (excluding diaryl/α,β-unsaturated/α-hetero) is 1. The molecule has 3 aromatic rings. The monoisotopic (exact) mass is 518 g/mol. The average Bonchev–Trinajstić information content (AvgIpc) is 3.43. The number of rotatable bonds is 12. The van der Waals surface area contributed by atoms with Gasteiger partial charge in [-0.3, -0.25) is 14.6 Å². The highest BCUT2D eigenvalue weighted by Crippen LogP contribution is 2.58. The smallest absolute Gasteiger partial charge is 0.224 e. The molecule has 1 aromatic carbocycles. The van der Waals surface area contributed by atoms with Gasteiger partial charge in [0.2, 0.25) is 11.8 Å². The van der Waals surface area contributed by atoms with E-state index in [4.69, 9.17) is 9.15 Å². The number of nitrogens with one attached hydrogen (secondary N) is 1. The van der Waals surface area contributed by atoms with Crippen molar-refractivity contribution >= 4 is 22.6 Å². The Hall–Kier alpha value is -3.26. The lowest BCUT2D eigenvalue weighted by Gasteiger charge is -2.37. The van der Waals surface area contributed by atoms with E-state index in [1.807, 2.05) is 38.1 Å². The van der Waals surface area contributed by atoms with Gasteiger partial charge in [0.1, 0.15) is 17.6 Å². The van der Waals surface area contributed by atoms with Crippen molar-refractivity contribution in [1.29, 1.82) is 0 Å². The van der Waals surface area contributed by atoms with Crippen LogP contribution in [0, 0.1) is 18.3 Å². The van der Waals surface area contributed by atoms with Crippen molar-refractivity contribution in [2.24, 2.45) is 11.3 Å². The molecule has 1 saturated carbocycles. The summed E-state index contributed by atoms with van der Waals surface area (Å²) in [7, 11) is 3.73. The first-order valence-electron chi connectivity index (χ1n) is 13.7. The van der Waals surface area contributed by atoms with Crippen LogP contribution in [0.25, 0.3) is 22.2 Å². The molecule has 0 unspecified atom stereocenters. The molecule has 2 aliphatic rings. The molecule has 1 aliphatic carbocycles. The molecule has 1 aliphatic heterocycles. The number of aromatic nitrogens is 2. The van der Waals surface area contributed by atoms with Crippen LogP contribution in [0.4, 0.5) is 0 Å². The number of hydrogen-bond donors (Lipinski definition) is 1. The molecule has 8 nitrogen and oxygen atoms in total. The number of aryl methyl sites for hydroxylation is 1. The van der Waals surface area contributed by atoms with Crippen molar-refractivity contribution in [3.8, 4) is 17.1 Å². The molecule has 3 heterocycles. The lowest BCUT2D eigenvalue weighted by molar-refractivity contribution is -0.125. The van der Waals surface area contributed by atoms with Gasteiger partial charge in [0.15, 0.2) is 5.76 Å². The van der Waals surface area contributed by atoms with E-state index in [9.17, 15) is 9.59 Å². The Morgan fingerprint density at radius 3 is 2.79 bits per heavy atom. The number of pyridine rings is 1. The van der Waals surface area contributed by atoms with Gasteiger partial charge in [0, 0.05) is 54.4 Å². The van der Waals surface area contributed by atoms with E-state index in [1.54, 1.807) is 13.3 Å². The predicted octanol–water partition coefficient (Wildman–Crippen LogP) is 5.25. The van der Waals surface area contributed by atoms with Crippen molar-refractivity contribution in [2.45, 2.75) is 64.8 Å². The lowest BCUT2D eigenvalue weighted by Crippen LogP contribution is -2.48. The van der Waals surface area contributed by atoms with E-state index in [2.05, 4.69) is 27.2 Å². The molecule has 202 valence electrons. The van der Waals surface area contributed by atoms with E-state index < -0.39 is 0 Å². The summed E-state index contributed by atoms with van der Waals surface area (Å²) in [4.78, 5) is 36.3. The Kier molecular flexibility index (Phi) is 7.52. The van der Waals surface area contributed by atoms with Crippen LogP contribution in [0.5, 0.6) is 5.75 Å². The van der Waals surface area contributed by atoms with Crippen LogP contribution in [0.15, 0.2) is 34.9 Å². The summed E-state index contributed by atoms with van der Waals surface area (Å²) in [5, 5.41) is 4.24. The maximum atomic E-state index is 13.2. The predicted molar refractivity (Wildman–Crippen MR) is 146 cm³/mol. The second kappa shape index (κ2) is 10.8. The largest absolute Gasteiger partial charge is 0.496 e. The quantitative estimate of drug-likeness (QED) is 0.327. The van der Waals surface area contributed by atoms with Crippen LogP contribution < -0.4 is 10.1 Å². The number of nitrogens with zero attached hydrogens (tertiary/aromatic N) is 3. The Labute approximate surface area is 224 Å². The molecule has 1 saturated heterocycles. The fourth-order valence-electron chi connectivity index (χ4n) is 5.84. The van der Waals surface area contributed by atoms with Gasteiger partial charge in [-0.1, -0.05) is 25.8 Å². The van der Waals surface area contributed by atoms with Crippen LogP contribution in [0.3, 0.4) is 0 Å². The number of ether oxygens (including phenoxy) is 1. The van der Waals surface area contributed by atoms with Crippen LogP contribution in [0.2, 0.25) is 0 Å². The van der Waals surface area contributed by atoms with E-state index >= 15 is 0 Å². The number of carbonyl (C=O) groups excluding carboxylic acids is 2. The number of likely N-dealkylation sites (tertiary alicyclic amines) is 1. The van der Waals surface area contributed by atoms with E-state index in [0.717, 1.165) is 60.9 Å². The summed E-state index contributed by atoms with van der Waals surface area (Å²) in [6.07, 6.45) is 7.24. The van der Waals surface area contributed by atoms with Crippen molar-refractivity contribution < 1.29 is 18.7 Å². The second-order valence-electron chi connectivity index (χ2n) is 11.1. The zero-order valence-electron chi connectivity index (χ0n) is 22.9. The first kappa shape index (κ1) is 26.4. The van der Waals surface area contributed by atoms with Gasteiger partial charge in [0.25, 0.3) is 0 Å². The highest BCUT2D eigenvalue weighted by Gasteiger charge is 2.63. The first-order chi connectivity index (χ1) is 18.3. The summed E-state index contributed by atoms with van der Waals surface area (Å²) in [6.45, 7) is 5.84. The minimum atomic E-state index is -0.315. The van der Waals surface area contributed by atoms with E-state index in [-0.39, 0.29) is 23.3 Å². The van der Waals surface area contributed by atoms with Gasteiger partial charge in [0.05, 0.1) is 24.4 Å². The molecule has 2 atom stereocenters. The Bertz CT molecular complexity index is 1330. The second-order valence-corrected chi connectivity index (χ2v) is 11.1. The van der Waals surface area contributed by atoms with Crippen molar-refractivity contribution in [3.05, 3.63) is 42.0 Å². The standard InChI is InChI=1S/C30H38N4O4/c1-5-21(35)9-7-6-8-10-24(33-28(36)23-15-30(23)17-34(3)18-30)29-31-16-27(38-29)22-13-20-12-11-19(2)32-25(20)14-26(22)37-4/h11-14,16,23-24H,5-10,15,17-18H2,1-4H3,(H,33,36)/t23-,24-/m0/s1. The number of oxazole rings is 1. The molecular formula is C30H38N4O4. The number of amides is 1. The molecule has 0 bridgehead atoms. The van der Waals surface area contributed by atoms with Crippen molar-refractivity contribution in [1.82, 2.24) is 20.2 Å². The summed E-state index contributed by atoms with van der Waals surface area (Å²) in [5.41, 5.74) is 2.76. The molecule has 5 rings (SSSR count). The highest BCUT2D eigenvalue weighted by molar-refractivity contribution is 5.87. The van der Waals surface area contributed by atoms with Crippen LogP contribution >= 0.6 is 0 Å². The molecule has 1 spiro atoms. The zero-order chi connectivity index (χ0) is 26.9. The van der Waals surface area contributed by atoms with Crippen molar-refractivity contribution in [2.75, 3.05) is 27.2 Å². The number of benzene rings is 1. The SMILES string of the molecule is CCC(=O)CCCCC[C@H](NC(=O)[C@@H]1CC12CN(C)C2)c1ncc(-c2cc3ccc(C)nc3cc2OC)o1. The molecule has 0 radical (unpaired) electrons. The molecule has 38 heavy (non-hydrogen) atoms. The van der Waals surface area contributed by atoms with Crippen molar-refractivity contribution in [3.63, 3.8) is 0 Å². The minimum absolute atomic E-state index is 0.0642. The Morgan fingerprint density at radius 1 is 1.24 bits per heavy atom. The van der Waals surface area contributed by atoms with Gasteiger partial charge >= 0.3 is 0 Å². The van der Waals surface area contributed by atoms with Crippen LogP contribution in [-0.2, 0) is 9.59 Å². The molecule has 2 aromatic heterocycles.